The van der Waals surface area contributed by atoms with Crippen LogP contribution in [0.25, 0.3) is 0 Å². The van der Waals surface area contributed by atoms with Gasteiger partial charge in [0.15, 0.2) is 0 Å². The van der Waals surface area contributed by atoms with E-state index < -0.39 is 0 Å². The van der Waals surface area contributed by atoms with Crippen molar-refractivity contribution in [2.45, 2.75) is 70.6 Å². The van der Waals surface area contributed by atoms with Gasteiger partial charge in [-0.2, -0.15) is 0 Å². The van der Waals surface area contributed by atoms with Gasteiger partial charge in [-0.1, -0.05) is 57.8 Å². The van der Waals surface area contributed by atoms with E-state index in [0.29, 0.717) is 11.8 Å². The van der Waals surface area contributed by atoms with Gasteiger partial charge in [0, 0.05) is 5.92 Å². The van der Waals surface area contributed by atoms with Crippen LogP contribution < -0.4 is 5.73 Å². The third-order valence-corrected chi connectivity index (χ3v) is 3.54. The molecule has 2 nitrogen and oxygen atoms in total. The highest BCUT2D eigenvalue weighted by atomic mass is 35.5. The minimum absolute atomic E-state index is 0. The fourth-order valence-corrected chi connectivity index (χ4v) is 2.47. The Morgan fingerprint density at radius 1 is 0.750 bits per heavy atom. The predicted molar refractivity (Wildman–Crippen MR) is 73.4 cm³/mol. The molecule has 0 spiro atoms. The zero-order chi connectivity index (χ0) is 10.9. The van der Waals surface area contributed by atoms with Gasteiger partial charge in [-0.3, -0.25) is 5.41 Å². The molecule has 16 heavy (non-hydrogen) atoms. The maximum absolute atomic E-state index is 7.56. The van der Waals surface area contributed by atoms with Gasteiger partial charge in [0.25, 0.3) is 0 Å². The smallest absolute Gasteiger partial charge is 0.0936 e. The number of halogens is 1. The fraction of sp³-hybridized carbons (Fsp3) is 0.923. The minimum atomic E-state index is 0. The predicted octanol–water partition coefficient (Wildman–Crippen LogP) is 4.27. The molecular weight excluding hydrogens is 220 g/mol. The first-order valence-corrected chi connectivity index (χ1v) is 6.64. The first-order chi connectivity index (χ1) is 7.30. The van der Waals surface area contributed by atoms with Gasteiger partial charge in [-0.25, -0.2) is 0 Å². The molecule has 0 amide bonds. The highest BCUT2D eigenvalue weighted by Gasteiger charge is 2.11. The molecule has 0 aromatic heterocycles. The van der Waals surface area contributed by atoms with Crippen molar-refractivity contribution in [2.75, 3.05) is 0 Å². The van der Waals surface area contributed by atoms with Crippen LogP contribution in [0.2, 0.25) is 0 Å². The van der Waals surface area contributed by atoms with Gasteiger partial charge in [0.2, 0.25) is 0 Å². The molecule has 0 heterocycles. The third kappa shape index (κ3) is 7.10. The Morgan fingerprint density at radius 2 is 1.06 bits per heavy atom. The average molecular weight is 247 g/mol. The number of amidine groups is 1. The van der Waals surface area contributed by atoms with E-state index in [-0.39, 0.29) is 12.4 Å². The quantitative estimate of drug-likeness (QED) is 0.527. The summed E-state index contributed by atoms with van der Waals surface area (Å²) < 4.78 is 0. The van der Waals surface area contributed by atoms with Crippen LogP contribution in [0.4, 0.5) is 0 Å². The molecule has 1 aliphatic carbocycles. The second-order valence-corrected chi connectivity index (χ2v) is 4.91. The number of hydrogen-bond donors (Lipinski definition) is 2. The summed E-state index contributed by atoms with van der Waals surface area (Å²) in [7, 11) is 0. The Morgan fingerprint density at radius 3 is 1.38 bits per heavy atom. The largest absolute Gasteiger partial charge is 0.387 e. The molecule has 0 aliphatic heterocycles. The maximum atomic E-state index is 7.56. The van der Waals surface area contributed by atoms with Crippen molar-refractivity contribution in [3.63, 3.8) is 0 Å². The first kappa shape index (κ1) is 15.8. The minimum Gasteiger partial charge on any atom is -0.387 e. The topological polar surface area (TPSA) is 49.9 Å². The van der Waals surface area contributed by atoms with E-state index in [4.69, 9.17) is 11.1 Å². The van der Waals surface area contributed by atoms with Crippen molar-refractivity contribution >= 4 is 18.2 Å². The number of rotatable bonds is 1. The SMILES string of the molecule is Cl.N=C(N)C1CCCCCCCCCCC1. The van der Waals surface area contributed by atoms with Crippen molar-refractivity contribution in [1.29, 1.82) is 5.41 Å². The highest BCUT2D eigenvalue weighted by Crippen LogP contribution is 2.20. The Hall–Kier alpha value is -0.240. The van der Waals surface area contributed by atoms with Crippen molar-refractivity contribution in [3.8, 4) is 0 Å². The number of hydrogen-bond acceptors (Lipinski definition) is 1. The average Bonchev–Trinajstić information content (AvgIpc) is 2.18. The van der Waals surface area contributed by atoms with Crippen LogP contribution in [0.15, 0.2) is 0 Å². The maximum Gasteiger partial charge on any atom is 0.0936 e. The summed E-state index contributed by atoms with van der Waals surface area (Å²) in [6, 6.07) is 0. The second kappa shape index (κ2) is 9.95. The molecule has 0 atom stereocenters. The summed E-state index contributed by atoms with van der Waals surface area (Å²) in [5.74, 6) is 0.802. The standard InChI is InChI=1S/C13H26N2.ClH/c14-13(15)12-10-8-6-4-2-1-3-5-7-9-11-12;/h12H,1-11H2,(H3,14,15);1H. The molecular formula is C13H27ClN2. The fourth-order valence-electron chi connectivity index (χ4n) is 2.47. The zero-order valence-electron chi connectivity index (χ0n) is 10.3. The molecule has 96 valence electrons. The highest BCUT2D eigenvalue weighted by molar-refractivity contribution is 5.85. The van der Waals surface area contributed by atoms with E-state index in [0.717, 1.165) is 12.8 Å². The number of nitrogens with two attached hydrogens (primary N) is 1. The molecule has 3 heteroatoms. The summed E-state index contributed by atoms with van der Waals surface area (Å²) in [4.78, 5) is 0. The van der Waals surface area contributed by atoms with Crippen LogP contribution in [0.1, 0.15) is 70.6 Å². The normalized spacial score (nSPS) is 21.2. The molecule has 0 bridgehead atoms. The van der Waals surface area contributed by atoms with Crippen LogP contribution in [-0.2, 0) is 0 Å². The van der Waals surface area contributed by atoms with Gasteiger partial charge in [-0.05, 0) is 12.8 Å². The van der Waals surface area contributed by atoms with Gasteiger partial charge in [-0.15, -0.1) is 12.4 Å². The molecule has 1 aliphatic rings. The Balaban J connectivity index is 0.00000225. The lowest BCUT2D eigenvalue weighted by Crippen LogP contribution is -2.22. The van der Waals surface area contributed by atoms with Crippen molar-refractivity contribution in [1.82, 2.24) is 0 Å². The summed E-state index contributed by atoms with van der Waals surface area (Å²) in [6.45, 7) is 0. The molecule has 1 saturated carbocycles. The van der Waals surface area contributed by atoms with Crippen LogP contribution in [0.5, 0.6) is 0 Å². The lowest BCUT2D eigenvalue weighted by Gasteiger charge is -2.16. The Bertz CT molecular complexity index is 171. The zero-order valence-corrected chi connectivity index (χ0v) is 11.2. The third-order valence-electron chi connectivity index (χ3n) is 3.54. The lowest BCUT2D eigenvalue weighted by molar-refractivity contribution is 0.462. The number of nitrogens with one attached hydrogen (secondary N) is 1. The molecule has 0 aromatic carbocycles. The molecule has 0 saturated heterocycles. The summed E-state index contributed by atoms with van der Waals surface area (Å²) in [5.41, 5.74) is 5.63. The molecule has 3 N–H and O–H groups in total. The first-order valence-electron chi connectivity index (χ1n) is 6.64. The van der Waals surface area contributed by atoms with E-state index in [9.17, 15) is 0 Å². The molecule has 0 unspecified atom stereocenters. The Labute approximate surface area is 106 Å². The van der Waals surface area contributed by atoms with E-state index in [1.54, 1.807) is 0 Å². The summed E-state index contributed by atoms with van der Waals surface area (Å²) in [5, 5.41) is 7.56. The van der Waals surface area contributed by atoms with Gasteiger partial charge >= 0.3 is 0 Å². The van der Waals surface area contributed by atoms with Gasteiger partial charge in [0.05, 0.1) is 5.84 Å². The molecule has 1 fully saturated rings. The van der Waals surface area contributed by atoms with Crippen molar-refractivity contribution < 1.29 is 0 Å². The van der Waals surface area contributed by atoms with Crippen LogP contribution >= 0.6 is 12.4 Å². The second-order valence-electron chi connectivity index (χ2n) is 4.91. The van der Waals surface area contributed by atoms with E-state index in [2.05, 4.69) is 0 Å². The van der Waals surface area contributed by atoms with Crippen molar-refractivity contribution in [3.05, 3.63) is 0 Å². The lowest BCUT2D eigenvalue weighted by atomic mass is 9.92. The van der Waals surface area contributed by atoms with E-state index in [1.807, 2.05) is 0 Å². The van der Waals surface area contributed by atoms with Gasteiger partial charge < -0.3 is 5.73 Å². The monoisotopic (exact) mass is 246 g/mol. The molecule has 0 radical (unpaired) electrons. The summed E-state index contributed by atoms with van der Waals surface area (Å²) >= 11 is 0. The van der Waals surface area contributed by atoms with Crippen molar-refractivity contribution in [2.24, 2.45) is 11.7 Å². The van der Waals surface area contributed by atoms with Crippen LogP contribution in [-0.4, -0.2) is 5.84 Å². The molecule has 1 rings (SSSR count). The van der Waals surface area contributed by atoms with E-state index in [1.165, 1.54) is 57.8 Å². The Kier molecular flexibility index (Phi) is 9.80. The summed E-state index contributed by atoms with van der Waals surface area (Å²) in [6.07, 6.45) is 14.5. The molecule has 0 aromatic rings. The van der Waals surface area contributed by atoms with Gasteiger partial charge in [0.1, 0.15) is 0 Å². The van der Waals surface area contributed by atoms with Crippen LogP contribution in [0, 0.1) is 11.3 Å². The van der Waals surface area contributed by atoms with Crippen LogP contribution in [0.3, 0.4) is 0 Å². The van der Waals surface area contributed by atoms with E-state index >= 15 is 0 Å².